The van der Waals surface area contributed by atoms with Gasteiger partial charge in [-0.2, -0.15) is 10.2 Å². The molecule has 2 rings (SSSR count). The Kier molecular flexibility index (Phi) is 1.67. The maximum Gasteiger partial charge on any atom is 0.488 e. The lowest BCUT2D eigenvalue weighted by Gasteiger charge is -2.09. The average Bonchev–Trinajstić information content (AvgIpc) is 2.49. The van der Waals surface area contributed by atoms with E-state index < -0.39 is 7.12 Å². The molecule has 1 aliphatic carbocycles. The van der Waals surface area contributed by atoms with Crippen LogP contribution in [0.1, 0.15) is 0 Å². The molecule has 0 amide bonds. The maximum absolute atomic E-state index is 8.85. The van der Waals surface area contributed by atoms with Gasteiger partial charge in [0.2, 0.25) is 0 Å². The predicted octanol–water partition coefficient (Wildman–Crippen LogP) is -0.449. The van der Waals surface area contributed by atoms with E-state index in [2.05, 4.69) is 10.2 Å². The Labute approximate surface area is 69.8 Å². The van der Waals surface area contributed by atoms with Gasteiger partial charge < -0.3 is 10.0 Å². The second kappa shape index (κ2) is 2.69. The Morgan fingerprint density at radius 3 is 2.92 bits per heavy atom. The van der Waals surface area contributed by atoms with Crippen molar-refractivity contribution in [3.8, 4) is 0 Å². The number of fused-ring (bicyclic) bond motifs is 1. The van der Waals surface area contributed by atoms with Crippen LogP contribution >= 0.6 is 0 Å². The highest BCUT2D eigenvalue weighted by Crippen LogP contribution is 2.17. The van der Waals surface area contributed by atoms with Crippen LogP contribution in [-0.2, 0) is 0 Å². The van der Waals surface area contributed by atoms with E-state index in [0.29, 0.717) is 5.47 Å². The first-order valence-corrected chi connectivity index (χ1v) is 3.64. The minimum Gasteiger partial charge on any atom is -0.423 e. The largest absolute Gasteiger partial charge is 0.488 e. The molecular formula is C7H7BN2O2. The van der Waals surface area contributed by atoms with Crippen molar-refractivity contribution in [3.05, 3.63) is 23.7 Å². The third-order valence-corrected chi connectivity index (χ3v) is 1.86. The molecule has 12 heavy (non-hydrogen) atoms. The Morgan fingerprint density at radius 2 is 2.17 bits per heavy atom. The van der Waals surface area contributed by atoms with Gasteiger partial charge in [0.05, 0.1) is 11.6 Å². The summed E-state index contributed by atoms with van der Waals surface area (Å²) in [6.07, 6.45) is 6.78. The van der Waals surface area contributed by atoms with E-state index in [4.69, 9.17) is 10.0 Å². The zero-order chi connectivity index (χ0) is 8.55. The van der Waals surface area contributed by atoms with Crippen molar-refractivity contribution in [2.75, 3.05) is 0 Å². The van der Waals surface area contributed by atoms with Crippen LogP contribution in [0.3, 0.4) is 0 Å². The molecule has 4 nitrogen and oxygen atoms in total. The van der Waals surface area contributed by atoms with E-state index >= 15 is 0 Å². The molecule has 2 aliphatic rings. The summed E-state index contributed by atoms with van der Waals surface area (Å²) in [5.74, 6) is 0.0202. The van der Waals surface area contributed by atoms with Gasteiger partial charge in [-0.05, 0) is 11.5 Å². The van der Waals surface area contributed by atoms with Crippen LogP contribution in [0.2, 0.25) is 0 Å². The Morgan fingerprint density at radius 1 is 1.33 bits per heavy atom. The molecule has 0 fully saturated rings. The highest BCUT2D eigenvalue weighted by Gasteiger charge is 2.22. The molecule has 1 aliphatic heterocycles. The van der Waals surface area contributed by atoms with Crippen LogP contribution in [0.4, 0.5) is 0 Å². The Hall–Kier alpha value is -1.20. The molecule has 1 atom stereocenters. The van der Waals surface area contributed by atoms with Crippen LogP contribution in [0.25, 0.3) is 0 Å². The molecule has 0 saturated carbocycles. The van der Waals surface area contributed by atoms with Crippen LogP contribution in [0.15, 0.2) is 33.9 Å². The number of rotatable bonds is 1. The van der Waals surface area contributed by atoms with Gasteiger partial charge in [0.25, 0.3) is 0 Å². The summed E-state index contributed by atoms with van der Waals surface area (Å²) in [5, 5.41) is 25.3. The lowest BCUT2D eigenvalue weighted by molar-refractivity contribution is 0.420. The van der Waals surface area contributed by atoms with Gasteiger partial charge in [-0.15, -0.1) is 0 Å². The standard InChI is InChI=1S/C7H7BN2O2/c11-8(12)6-1-2-7-5(3-6)4-9-10-7/h1-5,11-12H/t5-/m0/s1. The summed E-state index contributed by atoms with van der Waals surface area (Å²) < 4.78 is 0. The van der Waals surface area contributed by atoms with Crippen molar-refractivity contribution < 1.29 is 10.0 Å². The summed E-state index contributed by atoms with van der Waals surface area (Å²) in [6.45, 7) is 0. The van der Waals surface area contributed by atoms with Crippen molar-refractivity contribution >= 4 is 19.0 Å². The molecule has 0 spiro atoms. The number of allylic oxidation sites excluding steroid dienone is 4. The van der Waals surface area contributed by atoms with Crippen molar-refractivity contribution in [1.29, 1.82) is 0 Å². The summed E-state index contributed by atoms with van der Waals surface area (Å²) in [4.78, 5) is 0. The highest BCUT2D eigenvalue weighted by atomic mass is 16.4. The Bertz CT molecular complexity index is 317. The van der Waals surface area contributed by atoms with Crippen molar-refractivity contribution in [1.82, 2.24) is 0 Å². The zero-order valence-electron chi connectivity index (χ0n) is 6.25. The van der Waals surface area contributed by atoms with E-state index in [1.54, 1.807) is 24.4 Å². The maximum atomic E-state index is 8.85. The molecule has 1 heterocycles. The highest BCUT2D eigenvalue weighted by molar-refractivity contribution is 6.52. The molecule has 0 saturated heterocycles. The smallest absolute Gasteiger partial charge is 0.423 e. The van der Waals surface area contributed by atoms with E-state index in [1.807, 2.05) is 0 Å². The fraction of sp³-hybridized carbons (Fsp3) is 0.143. The summed E-state index contributed by atoms with van der Waals surface area (Å²) >= 11 is 0. The van der Waals surface area contributed by atoms with Crippen LogP contribution in [0.5, 0.6) is 0 Å². The van der Waals surface area contributed by atoms with Gasteiger partial charge >= 0.3 is 7.12 Å². The van der Waals surface area contributed by atoms with E-state index in [-0.39, 0.29) is 5.92 Å². The van der Waals surface area contributed by atoms with Gasteiger partial charge in [0.15, 0.2) is 0 Å². The molecular weight excluding hydrogens is 155 g/mol. The average molecular weight is 162 g/mol. The molecule has 0 aromatic rings. The molecule has 0 unspecified atom stereocenters. The monoisotopic (exact) mass is 162 g/mol. The number of hydrogen-bond acceptors (Lipinski definition) is 4. The first-order chi connectivity index (χ1) is 5.77. The van der Waals surface area contributed by atoms with Gasteiger partial charge in [-0.25, -0.2) is 0 Å². The molecule has 0 aromatic carbocycles. The van der Waals surface area contributed by atoms with Crippen molar-refractivity contribution in [2.24, 2.45) is 16.1 Å². The quantitative estimate of drug-likeness (QED) is 0.513. The SMILES string of the molecule is OB(O)C1=C[C@H]2C=NN=C2C=C1. The van der Waals surface area contributed by atoms with Gasteiger partial charge in [-0.1, -0.05) is 12.2 Å². The zero-order valence-corrected chi connectivity index (χ0v) is 6.25. The molecule has 5 heteroatoms. The fourth-order valence-corrected chi connectivity index (χ4v) is 1.20. The van der Waals surface area contributed by atoms with Crippen molar-refractivity contribution in [3.63, 3.8) is 0 Å². The molecule has 0 aromatic heterocycles. The molecule has 2 N–H and O–H groups in total. The topological polar surface area (TPSA) is 65.2 Å². The van der Waals surface area contributed by atoms with Crippen LogP contribution in [-0.4, -0.2) is 29.1 Å². The lowest BCUT2D eigenvalue weighted by Crippen LogP contribution is -2.20. The fourth-order valence-electron chi connectivity index (χ4n) is 1.20. The summed E-state index contributed by atoms with van der Waals surface area (Å²) in [7, 11) is -1.41. The van der Waals surface area contributed by atoms with Gasteiger partial charge in [-0.3, -0.25) is 0 Å². The number of hydrogen-bond donors (Lipinski definition) is 2. The number of nitrogens with zero attached hydrogens (tertiary/aromatic N) is 2. The second-order valence-corrected chi connectivity index (χ2v) is 2.69. The minimum atomic E-state index is -1.41. The molecule has 60 valence electrons. The van der Waals surface area contributed by atoms with E-state index in [0.717, 1.165) is 5.71 Å². The lowest BCUT2D eigenvalue weighted by atomic mass is 9.74. The van der Waals surface area contributed by atoms with Crippen molar-refractivity contribution in [2.45, 2.75) is 0 Å². The van der Waals surface area contributed by atoms with Gasteiger partial charge in [0, 0.05) is 6.21 Å². The van der Waals surface area contributed by atoms with E-state index in [9.17, 15) is 0 Å². The van der Waals surface area contributed by atoms with Gasteiger partial charge in [0.1, 0.15) is 0 Å². The second-order valence-electron chi connectivity index (χ2n) is 2.69. The third-order valence-electron chi connectivity index (χ3n) is 1.86. The third kappa shape index (κ3) is 1.13. The predicted molar refractivity (Wildman–Crippen MR) is 46.8 cm³/mol. The minimum absolute atomic E-state index is 0.0202. The normalized spacial score (nSPS) is 25.0. The molecule has 0 radical (unpaired) electrons. The molecule has 0 bridgehead atoms. The summed E-state index contributed by atoms with van der Waals surface area (Å²) in [6, 6.07) is 0. The van der Waals surface area contributed by atoms with Crippen LogP contribution < -0.4 is 0 Å². The van der Waals surface area contributed by atoms with E-state index in [1.165, 1.54) is 0 Å². The summed E-state index contributed by atoms with van der Waals surface area (Å²) in [5.41, 5.74) is 1.34. The Balaban J connectivity index is 2.28. The first-order valence-electron chi connectivity index (χ1n) is 3.64. The first kappa shape index (κ1) is 7.45. The van der Waals surface area contributed by atoms with Crippen LogP contribution in [0, 0.1) is 5.92 Å².